The predicted octanol–water partition coefficient (Wildman–Crippen LogP) is 4.25. The van der Waals surface area contributed by atoms with Crippen molar-refractivity contribution in [1.29, 1.82) is 0 Å². The van der Waals surface area contributed by atoms with Gasteiger partial charge in [0.05, 0.1) is 5.56 Å². The number of carbonyl (C=O) groups is 2. The van der Waals surface area contributed by atoms with E-state index in [9.17, 15) is 27.2 Å². The van der Waals surface area contributed by atoms with Gasteiger partial charge in [0, 0.05) is 18.2 Å². The van der Waals surface area contributed by atoms with Crippen LogP contribution in [0.4, 0.5) is 22.4 Å². The molecule has 9 heteroatoms. The maximum absolute atomic E-state index is 14.1. The van der Waals surface area contributed by atoms with E-state index in [4.69, 9.17) is 4.74 Å². The molecule has 0 unspecified atom stereocenters. The summed E-state index contributed by atoms with van der Waals surface area (Å²) in [6.45, 7) is 6.45. The van der Waals surface area contributed by atoms with Crippen LogP contribution in [0.5, 0.6) is 0 Å². The van der Waals surface area contributed by atoms with Crippen LogP contribution in [0, 0.1) is 5.82 Å². The van der Waals surface area contributed by atoms with Crippen LogP contribution >= 0.6 is 0 Å². The number of alkyl carbamates (subject to hydrolysis) is 1. The Bertz CT molecular complexity index is 744. The summed E-state index contributed by atoms with van der Waals surface area (Å²) in [4.78, 5) is 26.0. The van der Waals surface area contributed by atoms with E-state index in [2.05, 4.69) is 5.32 Å². The van der Waals surface area contributed by atoms with Gasteiger partial charge in [-0.15, -0.1) is 0 Å². The number of alkyl halides is 3. The largest absolute Gasteiger partial charge is 0.444 e. The first-order chi connectivity index (χ1) is 12.8. The van der Waals surface area contributed by atoms with Crippen molar-refractivity contribution in [3.05, 3.63) is 35.1 Å². The number of ether oxygens (including phenoxy) is 1. The van der Waals surface area contributed by atoms with Crippen molar-refractivity contribution in [3.63, 3.8) is 0 Å². The number of likely N-dealkylation sites (tertiary alicyclic amines) is 1. The van der Waals surface area contributed by atoms with Gasteiger partial charge in [-0.25, -0.2) is 9.18 Å². The fourth-order valence-corrected chi connectivity index (χ4v) is 2.98. The van der Waals surface area contributed by atoms with Gasteiger partial charge >= 0.3 is 12.3 Å². The summed E-state index contributed by atoms with van der Waals surface area (Å²) in [5.74, 6) is -1.31. The first-order valence-corrected chi connectivity index (χ1v) is 8.93. The number of halogens is 4. The molecule has 0 radical (unpaired) electrons. The summed E-state index contributed by atoms with van der Waals surface area (Å²) >= 11 is 0. The molecule has 2 amide bonds. The van der Waals surface area contributed by atoms with Gasteiger partial charge in [0.1, 0.15) is 17.5 Å². The van der Waals surface area contributed by atoms with Crippen molar-refractivity contribution in [3.8, 4) is 0 Å². The molecule has 28 heavy (non-hydrogen) atoms. The number of carbonyl (C=O) groups excluding carboxylic acids is 2. The van der Waals surface area contributed by atoms with Crippen LogP contribution in [-0.2, 0) is 22.3 Å². The number of piperidine rings is 1. The van der Waals surface area contributed by atoms with E-state index in [0.29, 0.717) is 25.0 Å². The molecule has 156 valence electrons. The fraction of sp³-hybridized carbons (Fsp3) is 0.579. The van der Waals surface area contributed by atoms with Crippen molar-refractivity contribution >= 4 is 12.0 Å². The first kappa shape index (κ1) is 22.0. The maximum atomic E-state index is 14.1. The van der Waals surface area contributed by atoms with E-state index in [1.165, 1.54) is 4.90 Å². The van der Waals surface area contributed by atoms with Crippen LogP contribution in [0.15, 0.2) is 18.2 Å². The molecule has 0 bridgehead atoms. The Morgan fingerprint density at radius 1 is 1.25 bits per heavy atom. The summed E-state index contributed by atoms with van der Waals surface area (Å²) in [5.41, 5.74) is -1.95. The molecule has 2 atom stereocenters. The minimum Gasteiger partial charge on any atom is -0.444 e. The highest BCUT2D eigenvalue weighted by atomic mass is 19.4. The molecule has 1 heterocycles. The van der Waals surface area contributed by atoms with Gasteiger partial charge in [0.15, 0.2) is 0 Å². The highest BCUT2D eigenvalue weighted by molar-refractivity contribution is 5.86. The van der Waals surface area contributed by atoms with Gasteiger partial charge in [-0.3, -0.25) is 4.79 Å². The van der Waals surface area contributed by atoms with Crippen LogP contribution in [0.2, 0.25) is 0 Å². The maximum Gasteiger partial charge on any atom is 0.416 e. The lowest BCUT2D eigenvalue weighted by Crippen LogP contribution is -2.55. The highest BCUT2D eigenvalue weighted by Gasteiger charge is 2.36. The smallest absolute Gasteiger partial charge is 0.416 e. The Labute approximate surface area is 161 Å². The molecular weight excluding hydrogens is 380 g/mol. The normalized spacial score (nSPS) is 20.9. The van der Waals surface area contributed by atoms with Crippen LogP contribution in [-0.4, -0.2) is 34.6 Å². The van der Waals surface area contributed by atoms with Crippen LogP contribution in [0.1, 0.15) is 51.7 Å². The van der Waals surface area contributed by atoms with E-state index < -0.39 is 41.2 Å². The van der Waals surface area contributed by atoms with Crippen molar-refractivity contribution in [2.45, 2.75) is 70.9 Å². The SMILES string of the molecule is C[C@@H]1CC[C@@H](NC(=O)OC(C)(C)C)C(=O)N1Cc1cc(C(F)(F)F)ccc1F. The Balaban J connectivity index is 2.16. The predicted molar refractivity (Wildman–Crippen MR) is 93.8 cm³/mol. The Hall–Kier alpha value is -2.32. The monoisotopic (exact) mass is 404 g/mol. The lowest BCUT2D eigenvalue weighted by Gasteiger charge is -2.38. The quantitative estimate of drug-likeness (QED) is 0.767. The fourth-order valence-electron chi connectivity index (χ4n) is 2.98. The first-order valence-electron chi connectivity index (χ1n) is 8.93. The van der Waals surface area contributed by atoms with E-state index in [1.54, 1.807) is 27.7 Å². The van der Waals surface area contributed by atoms with Gasteiger partial charge in [0.2, 0.25) is 5.91 Å². The number of nitrogens with zero attached hydrogens (tertiary/aromatic N) is 1. The third-order valence-electron chi connectivity index (χ3n) is 4.39. The summed E-state index contributed by atoms with van der Waals surface area (Å²) < 4.78 is 57.9. The molecule has 0 spiro atoms. The average molecular weight is 404 g/mol. The summed E-state index contributed by atoms with van der Waals surface area (Å²) in [7, 11) is 0. The number of hydrogen-bond donors (Lipinski definition) is 1. The number of rotatable bonds is 3. The summed E-state index contributed by atoms with van der Waals surface area (Å²) in [6, 6.07) is 0.930. The molecule has 1 N–H and O–H groups in total. The molecule has 0 aromatic heterocycles. The molecular formula is C19H24F4N2O3. The number of amides is 2. The second kappa shape index (κ2) is 7.97. The third kappa shape index (κ3) is 5.59. The molecule has 0 aliphatic carbocycles. The Morgan fingerprint density at radius 3 is 2.46 bits per heavy atom. The zero-order valence-corrected chi connectivity index (χ0v) is 16.2. The zero-order valence-electron chi connectivity index (χ0n) is 16.2. The molecule has 2 rings (SSSR count). The van der Waals surface area contributed by atoms with Crippen molar-refractivity contribution in [2.24, 2.45) is 0 Å². The van der Waals surface area contributed by atoms with E-state index >= 15 is 0 Å². The molecule has 1 fully saturated rings. The standard InChI is InChI=1S/C19H24F4N2O3/c1-11-5-8-15(24-17(27)28-18(2,3)4)16(26)25(11)10-12-9-13(19(21,22)23)6-7-14(12)20/h6-7,9,11,15H,5,8,10H2,1-4H3,(H,24,27)/t11-,15-/m1/s1. The van der Waals surface area contributed by atoms with Crippen molar-refractivity contribution < 1.29 is 31.9 Å². The zero-order chi connectivity index (χ0) is 21.3. The third-order valence-corrected chi connectivity index (χ3v) is 4.39. The van der Waals surface area contributed by atoms with E-state index in [1.807, 2.05) is 0 Å². The van der Waals surface area contributed by atoms with Gasteiger partial charge < -0.3 is 15.0 Å². The Kier molecular flexibility index (Phi) is 6.25. The number of hydrogen-bond acceptors (Lipinski definition) is 3. The lowest BCUT2D eigenvalue weighted by molar-refractivity contribution is -0.139. The van der Waals surface area contributed by atoms with Gasteiger partial charge in [-0.05, 0) is 58.7 Å². The average Bonchev–Trinajstić information content (AvgIpc) is 2.53. The van der Waals surface area contributed by atoms with Crippen LogP contribution in [0.25, 0.3) is 0 Å². The Morgan fingerprint density at radius 2 is 1.89 bits per heavy atom. The molecule has 1 aromatic carbocycles. The molecule has 1 aliphatic heterocycles. The molecule has 1 aromatic rings. The summed E-state index contributed by atoms with van der Waals surface area (Å²) in [6.07, 6.45) is -4.50. The minimum atomic E-state index is -4.61. The van der Waals surface area contributed by atoms with Crippen molar-refractivity contribution in [1.82, 2.24) is 10.2 Å². The van der Waals surface area contributed by atoms with Gasteiger partial charge in [-0.1, -0.05) is 0 Å². The second-order valence-electron chi connectivity index (χ2n) is 7.90. The molecule has 1 saturated heterocycles. The minimum absolute atomic E-state index is 0.229. The molecule has 0 saturated carbocycles. The topological polar surface area (TPSA) is 58.6 Å². The van der Waals surface area contributed by atoms with Crippen molar-refractivity contribution in [2.75, 3.05) is 0 Å². The van der Waals surface area contributed by atoms with E-state index in [0.717, 1.165) is 6.07 Å². The second-order valence-corrected chi connectivity index (χ2v) is 7.90. The molecule has 5 nitrogen and oxygen atoms in total. The number of benzene rings is 1. The van der Waals surface area contributed by atoms with Gasteiger partial charge in [0.25, 0.3) is 0 Å². The molecule has 1 aliphatic rings. The van der Waals surface area contributed by atoms with Gasteiger partial charge in [-0.2, -0.15) is 13.2 Å². The summed E-state index contributed by atoms with van der Waals surface area (Å²) in [5, 5.41) is 2.49. The van der Waals surface area contributed by atoms with Crippen LogP contribution in [0.3, 0.4) is 0 Å². The highest BCUT2D eigenvalue weighted by Crippen LogP contribution is 2.31. The van der Waals surface area contributed by atoms with E-state index in [-0.39, 0.29) is 18.2 Å². The number of nitrogens with one attached hydrogen (secondary N) is 1. The van der Waals surface area contributed by atoms with Crippen LogP contribution < -0.4 is 5.32 Å². The lowest BCUT2D eigenvalue weighted by atomic mass is 9.97.